The van der Waals surface area contributed by atoms with E-state index in [9.17, 15) is 9.18 Å². The van der Waals surface area contributed by atoms with Gasteiger partial charge in [0.2, 0.25) is 0 Å². The first-order valence-electron chi connectivity index (χ1n) is 6.21. The highest BCUT2D eigenvalue weighted by Crippen LogP contribution is 2.36. The minimum atomic E-state index is -0.754. The highest BCUT2D eigenvalue weighted by Gasteiger charge is 2.53. The first-order chi connectivity index (χ1) is 8.78. The molecule has 0 amide bonds. The molecule has 1 fully saturated rings. The molecule has 6 heteroatoms. The van der Waals surface area contributed by atoms with Gasteiger partial charge < -0.3 is 14.1 Å². The molecule has 1 aromatic heterocycles. The molecule has 2 heterocycles. The maximum absolute atomic E-state index is 13.8. The summed E-state index contributed by atoms with van der Waals surface area (Å²) >= 11 is 0. The summed E-state index contributed by atoms with van der Waals surface area (Å²) in [6.45, 7) is 7.63. The molecule has 2 rings (SSSR count). The van der Waals surface area contributed by atoms with Crippen molar-refractivity contribution >= 4 is 19.0 Å². The van der Waals surface area contributed by atoms with Crippen LogP contribution in [-0.2, 0) is 20.5 Å². The molecule has 0 aliphatic carbocycles. The van der Waals surface area contributed by atoms with Crippen LogP contribution in [0.3, 0.4) is 0 Å². The molecule has 0 saturated carbocycles. The van der Waals surface area contributed by atoms with Crippen LogP contribution in [0.1, 0.15) is 33.3 Å². The highest BCUT2D eigenvalue weighted by atomic mass is 19.1. The second-order valence-corrected chi connectivity index (χ2v) is 5.62. The summed E-state index contributed by atoms with van der Waals surface area (Å²) in [5.74, 6) is -0.466. The Bertz CT molecular complexity index is 489. The van der Waals surface area contributed by atoms with E-state index in [1.165, 1.54) is 12.3 Å². The minimum absolute atomic E-state index is 0.0426. The summed E-state index contributed by atoms with van der Waals surface area (Å²) in [6, 6.07) is 1.23. The Morgan fingerprint density at radius 2 is 1.89 bits per heavy atom. The predicted molar refractivity (Wildman–Crippen MR) is 69.7 cm³/mol. The van der Waals surface area contributed by atoms with Gasteiger partial charge in [0.25, 0.3) is 0 Å². The lowest BCUT2D eigenvalue weighted by Gasteiger charge is -2.32. The maximum Gasteiger partial charge on any atom is 0.514 e. The number of carbonyl (C=O) groups is 1. The van der Waals surface area contributed by atoms with Crippen LogP contribution in [0.25, 0.3) is 0 Å². The number of halogens is 1. The van der Waals surface area contributed by atoms with Crippen LogP contribution in [0.4, 0.5) is 4.39 Å². The van der Waals surface area contributed by atoms with Crippen LogP contribution >= 0.6 is 0 Å². The zero-order valence-corrected chi connectivity index (χ0v) is 11.6. The summed E-state index contributed by atoms with van der Waals surface area (Å²) in [5.41, 5.74) is -0.476. The van der Waals surface area contributed by atoms with Gasteiger partial charge in [-0.25, -0.2) is 4.39 Å². The third-order valence-corrected chi connectivity index (χ3v) is 3.80. The average Bonchev–Trinajstić information content (AvgIpc) is 2.51. The fourth-order valence-electron chi connectivity index (χ4n) is 1.93. The van der Waals surface area contributed by atoms with Gasteiger partial charge in [-0.15, -0.1) is 0 Å². The Morgan fingerprint density at radius 1 is 1.32 bits per heavy atom. The van der Waals surface area contributed by atoms with Gasteiger partial charge in [0.05, 0.1) is 16.8 Å². The predicted octanol–water partition coefficient (Wildman–Crippen LogP) is 1.26. The quantitative estimate of drug-likeness (QED) is 0.609. The summed E-state index contributed by atoms with van der Waals surface area (Å²) in [6.07, 6.45) is 1.96. The molecule has 0 radical (unpaired) electrons. The average molecular weight is 265 g/mol. The molecule has 0 aromatic carbocycles. The fourth-order valence-corrected chi connectivity index (χ4v) is 1.93. The van der Waals surface area contributed by atoms with Crippen LogP contribution in [0, 0.1) is 5.82 Å². The molecule has 0 unspecified atom stereocenters. The molecular formula is C13H17BFNO3. The van der Waals surface area contributed by atoms with E-state index in [1.54, 1.807) is 0 Å². The Balaban J connectivity index is 2.39. The molecule has 0 spiro atoms. The minimum Gasteiger partial charge on any atom is -0.398 e. The number of carbonyl (C=O) groups excluding carboxylic acids is 1. The Hall–Kier alpha value is -1.27. The molecule has 0 bridgehead atoms. The van der Waals surface area contributed by atoms with Gasteiger partial charge >= 0.3 is 7.12 Å². The first-order valence-corrected chi connectivity index (χ1v) is 6.21. The number of pyridine rings is 1. The van der Waals surface area contributed by atoms with Crippen molar-refractivity contribution in [3.8, 4) is 0 Å². The molecule has 0 atom stereocenters. The topological polar surface area (TPSA) is 48.4 Å². The Kier molecular flexibility index (Phi) is 3.49. The van der Waals surface area contributed by atoms with E-state index in [0.29, 0.717) is 11.9 Å². The largest absolute Gasteiger partial charge is 0.514 e. The normalized spacial score (nSPS) is 20.6. The number of hydrogen-bond acceptors (Lipinski definition) is 4. The van der Waals surface area contributed by atoms with Crippen LogP contribution in [0.15, 0.2) is 12.3 Å². The number of hydrogen-bond donors (Lipinski definition) is 0. The monoisotopic (exact) mass is 265 g/mol. The summed E-state index contributed by atoms with van der Waals surface area (Å²) in [7, 11) is -0.754. The van der Waals surface area contributed by atoms with E-state index in [2.05, 4.69) is 4.98 Å². The second-order valence-electron chi connectivity index (χ2n) is 5.62. The lowest BCUT2D eigenvalue weighted by molar-refractivity contribution is -0.107. The number of nitrogens with zero attached hydrogens (tertiary/aromatic N) is 1. The van der Waals surface area contributed by atoms with Gasteiger partial charge in [-0.3, -0.25) is 4.98 Å². The van der Waals surface area contributed by atoms with Gasteiger partial charge in [-0.05, 0) is 33.8 Å². The van der Waals surface area contributed by atoms with Crippen molar-refractivity contribution in [1.29, 1.82) is 0 Å². The SMILES string of the molecule is CC1(C)OB(c2nccc(F)c2CC=O)OC1(C)C. The summed E-state index contributed by atoms with van der Waals surface area (Å²) in [4.78, 5) is 14.8. The van der Waals surface area contributed by atoms with Crippen molar-refractivity contribution in [3.63, 3.8) is 0 Å². The van der Waals surface area contributed by atoms with E-state index in [-0.39, 0.29) is 12.0 Å². The van der Waals surface area contributed by atoms with Crippen LogP contribution in [0.5, 0.6) is 0 Å². The fraction of sp³-hybridized carbons (Fsp3) is 0.538. The van der Waals surface area contributed by atoms with E-state index >= 15 is 0 Å². The first kappa shape index (κ1) is 14.2. The smallest absolute Gasteiger partial charge is 0.398 e. The van der Waals surface area contributed by atoms with E-state index in [1.807, 2.05) is 27.7 Å². The van der Waals surface area contributed by atoms with E-state index in [0.717, 1.165) is 0 Å². The molecule has 1 saturated heterocycles. The molecule has 19 heavy (non-hydrogen) atoms. The summed E-state index contributed by atoms with van der Waals surface area (Å²) in [5, 5.41) is 0. The lowest BCUT2D eigenvalue weighted by atomic mass is 9.80. The van der Waals surface area contributed by atoms with Crippen molar-refractivity contribution in [2.45, 2.75) is 45.3 Å². The number of rotatable bonds is 3. The molecule has 1 aromatic rings. The van der Waals surface area contributed by atoms with E-state index < -0.39 is 24.1 Å². The Morgan fingerprint density at radius 3 is 2.42 bits per heavy atom. The van der Waals surface area contributed by atoms with Gasteiger partial charge in [0.15, 0.2) is 0 Å². The highest BCUT2D eigenvalue weighted by molar-refractivity contribution is 6.61. The van der Waals surface area contributed by atoms with Crippen molar-refractivity contribution in [3.05, 3.63) is 23.6 Å². The van der Waals surface area contributed by atoms with Gasteiger partial charge in [-0.2, -0.15) is 0 Å². The molecule has 1 aliphatic rings. The van der Waals surface area contributed by atoms with Gasteiger partial charge in [0, 0.05) is 18.2 Å². The van der Waals surface area contributed by atoms with Crippen LogP contribution in [0.2, 0.25) is 0 Å². The van der Waals surface area contributed by atoms with E-state index in [4.69, 9.17) is 9.31 Å². The zero-order chi connectivity index (χ0) is 14.3. The molecule has 1 aliphatic heterocycles. The third-order valence-electron chi connectivity index (χ3n) is 3.80. The maximum atomic E-state index is 13.8. The van der Waals surface area contributed by atoms with Crippen molar-refractivity contribution < 1.29 is 18.5 Å². The van der Waals surface area contributed by atoms with Crippen molar-refractivity contribution in [1.82, 2.24) is 4.98 Å². The number of aromatic nitrogens is 1. The molecule has 0 N–H and O–H groups in total. The summed E-state index contributed by atoms with van der Waals surface area (Å²) < 4.78 is 25.4. The molecule has 102 valence electrons. The standard InChI is InChI=1S/C13H17BFNO3/c1-12(2)13(3,4)19-14(18-12)11-9(6-8-17)10(15)5-7-16-11/h5,7-8H,6H2,1-4H3. The van der Waals surface area contributed by atoms with Crippen LogP contribution in [-0.4, -0.2) is 29.6 Å². The lowest BCUT2D eigenvalue weighted by Crippen LogP contribution is -2.41. The zero-order valence-electron chi connectivity index (χ0n) is 11.6. The third kappa shape index (κ3) is 2.42. The van der Waals surface area contributed by atoms with Gasteiger partial charge in [-0.1, -0.05) is 0 Å². The van der Waals surface area contributed by atoms with Crippen molar-refractivity contribution in [2.24, 2.45) is 0 Å². The second kappa shape index (κ2) is 4.69. The number of aldehydes is 1. The molecule has 4 nitrogen and oxygen atoms in total. The van der Waals surface area contributed by atoms with Crippen molar-refractivity contribution in [2.75, 3.05) is 0 Å². The molecular weight excluding hydrogens is 248 g/mol. The van der Waals surface area contributed by atoms with Crippen LogP contribution < -0.4 is 5.59 Å². The van der Waals surface area contributed by atoms with Gasteiger partial charge in [0.1, 0.15) is 12.1 Å². The Labute approximate surface area is 112 Å².